The van der Waals surface area contributed by atoms with Crippen molar-refractivity contribution in [3.05, 3.63) is 72.7 Å². The summed E-state index contributed by atoms with van der Waals surface area (Å²) in [5.74, 6) is 0.340. The average molecular weight is 376 g/mol. The molecule has 1 unspecified atom stereocenters. The van der Waals surface area contributed by atoms with Crippen LogP contribution in [0.4, 0.5) is 0 Å². The summed E-state index contributed by atoms with van der Waals surface area (Å²) in [6, 6.07) is 13.5. The van der Waals surface area contributed by atoms with E-state index >= 15 is 0 Å². The number of hydrogen-bond acceptors (Lipinski definition) is 5. The molecule has 0 aliphatic rings. The Hall–Kier alpha value is -3.61. The van der Waals surface area contributed by atoms with Crippen molar-refractivity contribution in [2.45, 2.75) is 19.9 Å². The lowest BCUT2D eigenvalue weighted by Crippen LogP contribution is -2.10. The largest absolute Gasteiger partial charge is 0.467 e. The van der Waals surface area contributed by atoms with E-state index in [4.69, 9.17) is 9.15 Å². The summed E-state index contributed by atoms with van der Waals surface area (Å²) in [6.45, 7) is 4.07. The Kier molecular flexibility index (Phi) is 4.80. The van der Waals surface area contributed by atoms with Crippen LogP contribution in [0.5, 0.6) is 0 Å². The lowest BCUT2D eigenvalue weighted by molar-refractivity contribution is 0.0520. The van der Waals surface area contributed by atoms with E-state index in [1.165, 1.54) is 0 Å². The molecule has 3 aromatic heterocycles. The van der Waals surface area contributed by atoms with Gasteiger partial charge in [-0.1, -0.05) is 30.3 Å². The van der Waals surface area contributed by atoms with Gasteiger partial charge in [0.15, 0.2) is 5.69 Å². The maximum Gasteiger partial charge on any atom is 0.357 e. The van der Waals surface area contributed by atoms with E-state index in [2.05, 4.69) is 15.2 Å². The van der Waals surface area contributed by atoms with Crippen molar-refractivity contribution in [2.24, 2.45) is 0 Å². The fourth-order valence-electron chi connectivity index (χ4n) is 3.22. The second-order valence-electron chi connectivity index (χ2n) is 6.29. The molecule has 28 heavy (non-hydrogen) atoms. The maximum atomic E-state index is 12.4. The molecule has 3 heterocycles. The molecule has 1 aromatic carbocycles. The Morgan fingerprint density at radius 3 is 2.79 bits per heavy atom. The van der Waals surface area contributed by atoms with Gasteiger partial charge in [0.05, 0.1) is 48.4 Å². The molecule has 4 aromatic rings. The monoisotopic (exact) mass is 376 g/mol. The fourth-order valence-corrected chi connectivity index (χ4v) is 3.22. The average Bonchev–Trinajstić information content (AvgIpc) is 3.48. The number of carbonyl (C=O) groups is 1. The van der Waals surface area contributed by atoms with E-state index in [1.807, 2.05) is 54.0 Å². The van der Waals surface area contributed by atoms with Crippen molar-refractivity contribution in [1.82, 2.24) is 19.7 Å². The van der Waals surface area contributed by atoms with Crippen LogP contribution in [-0.4, -0.2) is 32.3 Å². The zero-order valence-electron chi connectivity index (χ0n) is 15.6. The van der Waals surface area contributed by atoms with E-state index in [9.17, 15) is 4.79 Å². The van der Waals surface area contributed by atoms with Gasteiger partial charge < -0.3 is 13.7 Å². The van der Waals surface area contributed by atoms with Crippen LogP contribution in [-0.2, 0) is 4.74 Å². The van der Waals surface area contributed by atoms with E-state index in [-0.39, 0.29) is 12.6 Å². The first kappa shape index (κ1) is 17.8. The normalized spacial score (nSPS) is 12.1. The van der Waals surface area contributed by atoms with E-state index in [0.29, 0.717) is 11.3 Å². The van der Waals surface area contributed by atoms with Crippen molar-refractivity contribution in [2.75, 3.05) is 6.61 Å². The Bertz CT molecular complexity index is 1060. The van der Waals surface area contributed by atoms with Gasteiger partial charge in [0.1, 0.15) is 5.76 Å². The highest BCUT2D eigenvalue weighted by Crippen LogP contribution is 2.36. The van der Waals surface area contributed by atoms with Crippen molar-refractivity contribution in [3.8, 4) is 22.5 Å². The second-order valence-corrected chi connectivity index (χ2v) is 6.29. The summed E-state index contributed by atoms with van der Waals surface area (Å²) in [4.78, 5) is 17.1. The zero-order chi connectivity index (χ0) is 19.5. The van der Waals surface area contributed by atoms with Crippen molar-refractivity contribution in [1.29, 1.82) is 0 Å². The number of nitrogens with one attached hydrogen (secondary N) is 1. The lowest BCUT2D eigenvalue weighted by Gasteiger charge is -2.15. The summed E-state index contributed by atoms with van der Waals surface area (Å²) in [6.07, 6.45) is 5.02. The van der Waals surface area contributed by atoms with Gasteiger partial charge >= 0.3 is 5.97 Å². The second kappa shape index (κ2) is 7.56. The number of H-pyrrole nitrogens is 1. The summed E-state index contributed by atoms with van der Waals surface area (Å²) in [5.41, 5.74) is 3.40. The Morgan fingerprint density at radius 1 is 1.25 bits per heavy atom. The molecule has 7 heteroatoms. The maximum absolute atomic E-state index is 12.4. The van der Waals surface area contributed by atoms with Crippen LogP contribution in [0.25, 0.3) is 22.5 Å². The number of aromatic nitrogens is 4. The highest BCUT2D eigenvalue weighted by atomic mass is 16.5. The first-order valence-corrected chi connectivity index (χ1v) is 9.07. The summed E-state index contributed by atoms with van der Waals surface area (Å²) < 4.78 is 12.8. The molecule has 7 nitrogen and oxygen atoms in total. The first-order valence-electron chi connectivity index (χ1n) is 9.07. The van der Waals surface area contributed by atoms with Crippen molar-refractivity contribution >= 4 is 5.97 Å². The third kappa shape index (κ3) is 3.11. The van der Waals surface area contributed by atoms with Gasteiger partial charge in [-0.15, -0.1) is 0 Å². The quantitative estimate of drug-likeness (QED) is 0.507. The number of furan rings is 1. The number of ether oxygens (including phenoxy) is 1. The molecule has 0 amide bonds. The third-order valence-electron chi connectivity index (χ3n) is 4.59. The van der Waals surface area contributed by atoms with Crippen molar-refractivity contribution < 1.29 is 13.9 Å². The molecule has 0 saturated heterocycles. The molecule has 0 bridgehead atoms. The van der Waals surface area contributed by atoms with Crippen LogP contribution in [0.1, 0.15) is 36.1 Å². The van der Waals surface area contributed by atoms with Crippen LogP contribution in [0.3, 0.4) is 0 Å². The molecule has 0 fully saturated rings. The van der Waals surface area contributed by atoms with Crippen LogP contribution in [0.2, 0.25) is 0 Å². The Morgan fingerprint density at radius 2 is 2.07 bits per heavy atom. The number of esters is 1. The molecule has 1 atom stereocenters. The van der Waals surface area contributed by atoms with Crippen LogP contribution in [0.15, 0.2) is 65.7 Å². The minimum absolute atomic E-state index is 0.125. The molecule has 0 radical (unpaired) electrons. The van der Waals surface area contributed by atoms with E-state index in [1.54, 1.807) is 25.7 Å². The molecule has 0 spiro atoms. The van der Waals surface area contributed by atoms with Crippen LogP contribution < -0.4 is 0 Å². The van der Waals surface area contributed by atoms with E-state index in [0.717, 1.165) is 22.7 Å². The number of rotatable bonds is 6. The summed E-state index contributed by atoms with van der Waals surface area (Å²) in [7, 11) is 0. The standard InChI is InChI=1S/C21H20N4O3/c1-3-27-21(26)19-16(12-23-24-19)20-18(15-8-5-4-6-9-15)22-13-25(20)14(2)17-10-7-11-28-17/h4-14H,3H2,1-2H3,(H,23,24). The van der Waals surface area contributed by atoms with E-state index < -0.39 is 5.97 Å². The molecule has 4 rings (SSSR count). The van der Waals surface area contributed by atoms with Crippen LogP contribution >= 0.6 is 0 Å². The Labute approximate surface area is 162 Å². The smallest absolute Gasteiger partial charge is 0.357 e. The molecular weight excluding hydrogens is 356 g/mol. The van der Waals surface area contributed by atoms with Crippen molar-refractivity contribution in [3.63, 3.8) is 0 Å². The molecule has 142 valence electrons. The number of imidazole rings is 1. The number of benzene rings is 1. The third-order valence-corrected chi connectivity index (χ3v) is 4.59. The number of hydrogen-bond donors (Lipinski definition) is 1. The van der Waals surface area contributed by atoms with Gasteiger partial charge in [-0.25, -0.2) is 9.78 Å². The fraction of sp³-hybridized carbons (Fsp3) is 0.190. The predicted molar refractivity (Wildman–Crippen MR) is 104 cm³/mol. The number of carbonyl (C=O) groups excluding carboxylic acids is 1. The van der Waals surface area contributed by atoms with Gasteiger partial charge in [-0.3, -0.25) is 5.10 Å². The summed E-state index contributed by atoms with van der Waals surface area (Å²) >= 11 is 0. The molecular formula is C21H20N4O3. The molecule has 0 aliphatic heterocycles. The first-order chi connectivity index (χ1) is 13.7. The highest BCUT2D eigenvalue weighted by Gasteiger charge is 2.26. The molecule has 0 aliphatic carbocycles. The van der Waals surface area contributed by atoms with Crippen LogP contribution in [0, 0.1) is 0 Å². The molecule has 0 saturated carbocycles. The van der Waals surface area contributed by atoms with Gasteiger partial charge in [0.25, 0.3) is 0 Å². The topological polar surface area (TPSA) is 85.9 Å². The minimum atomic E-state index is -0.451. The predicted octanol–water partition coefficient (Wildman–Crippen LogP) is 4.32. The van der Waals surface area contributed by atoms with Gasteiger partial charge in [-0.2, -0.15) is 5.10 Å². The molecule has 1 N–H and O–H groups in total. The van der Waals surface area contributed by atoms with Gasteiger partial charge in [0.2, 0.25) is 0 Å². The van der Waals surface area contributed by atoms with Gasteiger partial charge in [-0.05, 0) is 26.0 Å². The SMILES string of the molecule is CCOC(=O)c1[nH]ncc1-c1c(-c2ccccc2)ncn1C(C)c1ccco1. The minimum Gasteiger partial charge on any atom is -0.467 e. The van der Waals surface area contributed by atoms with Gasteiger partial charge in [0, 0.05) is 5.56 Å². The number of nitrogens with zero attached hydrogens (tertiary/aromatic N) is 3. The highest BCUT2D eigenvalue weighted by molar-refractivity contribution is 5.96. The lowest BCUT2D eigenvalue weighted by atomic mass is 10.0. The zero-order valence-corrected chi connectivity index (χ0v) is 15.6. The number of aromatic amines is 1. The summed E-state index contributed by atoms with van der Waals surface area (Å²) in [5, 5.41) is 6.86. The Balaban J connectivity index is 1.90.